The first-order chi connectivity index (χ1) is 9.54. The van der Waals surface area contributed by atoms with Crippen molar-refractivity contribution in [2.75, 3.05) is 32.7 Å². The number of carboxylic acid groups (broad SMARTS) is 1. The number of nitrogens with zero attached hydrogens (tertiary/aromatic N) is 3. The maximum absolute atomic E-state index is 12.6. The highest BCUT2D eigenvalue weighted by molar-refractivity contribution is 5.83. The van der Waals surface area contributed by atoms with E-state index >= 15 is 0 Å². The molecule has 6 heteroatoms. The Morgan fingerprint density at radius 2 is 1.95 bits per heavy atom. The molecule has 1 N–H and O–H groups in total. The second-order valence-corrected chi connectivity index (χ2v) is 5.75. The van der Waals surface area contributed by atoms with E-state index in [0.717, 1.165) is 25.9 Å². The van der Waals surface area contributed by atoms with E-state index in [1.54, 1.807) is 4.90 Å². The second kappa shape index (κ2) is 6.43. The quantitative estimate of drug-likeness (QED) is 0.823. The second-order valence-electron chi connectivity index (χ2n) is 5.75. The third-order valence-corrected chi connectivity index (χ3v) is 4.48. The summed E-state index contributed by atoms with van der Waals surface area (Å²) in [6, 6.07) is -0.402. The van der Waals surface area contributed by atoms with E-state index in [1.165, 1.54) is 0 Å². The molecule has 6 nitrogen and oxygen atoms in total. The summed E-state index contributed by atoms with van der Waals surface area (Å²) in [7, 11) is 0. The fraction of sp³-hybridized carbons (Fsp3) is 0.857. The molecule has 2 heterocycles. The minimum Gasteiger partial charge on any atom is -0.480 e. The molecule has 0 aromatic heterocycles. The lowest BCUT2D eigenvalue weighted by atomic mass is 10.0. The molecule has 0 radical (unpaired) electrons. The molecular weight excluding hydrogens is 258 g/mol. The van der Waals surface area contributed by atoms with Crippen molar-refractivity contribution in [3.05, 3.63) is 0 Å². The molecule has 2 amide bonds. The van der Waals surface area contributed by atoms with Gasteiger partial charge in [0, 0.05) is 32.2 Å². The van der Waals surface area contributed by atoms with Crippen LogP contribution in [0.15, 0.2) is 0 Å². The Balaban J connectivity index is 2.01. The minimum absolute atomic E-state index is 0.0975. The highest BCUT2D eigenvalue weighted by atomic mass is 16.4. The van der Waals surface area contributed by atoms with Gasteiger partial charge in [0.25, 0.3) is 0 Å². The van der Waals surface area contributed by atoms with Crippen LogP contribution in [0.4, 0.5) is 4.79 Å². The Kier molecular flexibility index (Phi) is 4.86. The van der Waals surface area contributed by atoms with Crippen molar-refractivity contribution in [3.8, 4) is 0 Å². The first kappa shape index (κ1) is 15.1. The van der Waals surface area contributed by atoms with Crippen molar-refractivity contribution in [3.63, 3.8) is 0 Å². The van der Waals surface area contributed by atoms with Gasteiger partial charge >= 0.3 is 12.0 Å². The number of carboxylic acids is 1. The standard InChI is InChI=1S/C14H25N3O3/c1-3-15-8-9-16(10-11(15)2)14(20)17-7-5-4-6-12(17)13(18)19/h11-12H,3-10H2,1-2H3,(H,18,19). The molecule has 0 aromatic carbocycles. The third-order valence-electron chi connectivity index (χ3n) is 4.48. The first-order valence-electron chi connectivity index (χ1n) is 7.57. The van der Waals surface area contributed by atoms with E-state index in [9.17, 15) is 14.7 Å². The van der Waals surface area contributed by atoms with Gasteiger partial charge in [-0.15, -0.1) is 0 Å². The van der Waals surface area contributed by atoms with Crippen LogP contribution in [0, 0.1) is 0 Å². The molecule has 2 atom stereocenters. The van der Waals surface area contributed by atoms with Crippen LogP contribution in [-0.4, -0.2) is 76.6 Å². The Morgan fingerprint density at radius 1 is 1.20 bits per heavy atom. The Labute approximate surface area is 120 Å². The summed E-state index contributed by atoms with van der Waals surface area (Å²) in [6.45, 7) is 8.06. The van der Waals surface area contributed by atoms with Gasteiger partial charge in [-0.05, 0) is 32.7 Å². The summed E-state index contributed by atoms with van der Waals surface area (Å²) in [6.07, 6.45) is 2.37. The van der Waals surface area contributed by atoms with Crippen molar-refractivity contribution in [1.29, 1.82) is 0 Å². The van der Waals surface area contributed by atoms with Crippen molar-refractivity contribution >= 4 is 12.0 Å². The van der Waals surface area contributed by atoms with Gasteiger partial charge in [0.1, 0.15) is 6.04 Å². The van der Waals surface area contributed by atoms with E-state index in [1.807, 2.05) is 4.90 Å². The number of amides is 2. The summed E-state index contributed by atoms with van der Waals surface area (Å²) >= 11 is 0. The molecule has 0 aromatic rings. The first-order valence-corrected chi connectivity index (χ1v) is 7.57. The Morgan fingerprint density at radius 3 is 2.55 bits per heavy atom. The number of urea groups is 1. The summed E-state index contributed by atoms with van der Waals surface area (Å²) in [5, 5.41) is 9.27. The topological polar surface area (TPSA) is 64.1 Å². The zero-order valence-corrected chi connectivity index (χ0v) is 12.4. The molecule has 20 heavy (non-hydrogen) atoms. The molecule has 0 bridgehead atoms. The summed E-state index contributed by atoms with van der Waals surface area (Å²) in [5.41, 5.74) is 0. The number of carbonyl (C=O) groups excluding carboxylic acids is 1. The number of likely N-dealkylation sites (N-methyl/N-ethyl adjacent to an activating group) is 1. The van der Waals surface area contributed by atoms with Gasteiger partial charge in [-0.25, -0.2) is 9.59 Å². The monoisotopic (exact) mass is 283 g/mol. The average molecular weight is 283 g/mol. The maximum atomic E-state index is 12.6. The summed E-state index contributed by atoms with van der Waals surface area (Å²) in [5.74, 6) is -0.877. The molecule has 2 aliphatic heterocycles. The van der Waals surface area contributed by atoms with E-state index in [4.69, 9.17) is 0 Å². The van der Waals surface area contributed by atoms with E-state index in [-0.39, 0.29) is 6.03 Å². The van der Waals surface area contributed by atoms with Gasteiger partial charge in [-0.3, -0.25) is 4.90 Å². The number of aliphatic carboxylic acids is 1. The highest BCUT2D eigenvalue weighted by Crippen LogP contribution is 2.20. The SMILES string of the molecule is CCN1CCN(C(=O)N2CCCCC2C(=O)O)CC1C. The zero-order valence-electron chi connectivity index (χ0n) is 12.4. The summed E-state index contributed by atoms with van der Waals surface area (Å²) in [4.78, 5) is 29.6. The van der Waals surface area contributed by atoms with Crippen LogP contribution in [0.25, 0.3) is 0 Å². The molecule has 2 aliphatic rings. The van der Waals surface area contributed by atoms with Crippen LogP contribution in [0.3, 0.4) is 0 Å². The van der Waals surface area contributed by atoms with E-state index in [0.29, 0.717) is 32.1 Å². The Hall–Kier alpha value is -1.30. The van der Waals surface area contributed by atoms with Gasteiger partial charge in [0.15, 0.2) is 0 Å². The fourth-order valence-corrected chi connectivity index (χ4v) is 3.24. The molecule has 0 saturated carbocycles. The number of carbonyl (C=O) groups is 2. The van der Waals surface area contributed by atoms with Crippen LogP contribution in [0.2, 0.25) is 0 Å². The normalized spacial score (nSPS) is 28.5. The largest absolute Gasteiger partial charge is 0.480 e. The maximum Gasteiger partial charge on any atom is 0.326 e. The predicted octanol–water partition coefficient (Wildman–Crippen LogP) is 1.07. The lowest BCUT2D eigenvalue weighted by Crippen LogP contribution is -2.59. The number of piperazine rings is 1. The smallest absolute Gasteiger partial charge is 0.326 e. The number of hydrogen-bond donors (Lipinski definition) is 1. The minimum atomic E-state index is -0.877. The number of likely N-dealkylation sites (tertiary alicyclic amines) is 1. The van der Waals surface area contributed by atoms with Crippen LogP contribution in [-0.2, 0) is 4.79 Å². The molecule has 0 aliphatic carbocycles. The number of rotatable bonds is 2. The van der Waals surface area contributed by atoms with Gasteiger partial charge < -0.3 is 14.9 Å². The molecule has 2 unspecified atom stereocenters. The van der Waals surface area contributed by atoms with Crippen LogP contribution in [0.1, 0.15) is 33.1 Å². The van der Waals surface area contributed by atoms with Crippen molar-refractivity contribution < 1.29 is 14.7 Å². The van der Waals surface area contributed by atoms with Gasteiger partial charge in [-0.2, -0.15) is 0 Å². The Bertz CT molecular complexity index is 375. The highest BCUT2D eigenvalue weighted by Gasteiger charge is 2.36. The molecule has 2 rings (SSSR count). The van der Waals surface area contributed by atoms with Crippen molar-refractivity contribution in [2.24, 2.45) is 0 Å². The lowest BCUT2D eigenvalue weighted by molar-refractivity contribution is -0.143. The molecular formula is C14H25N3O3. The predicted molar refractivity (Wildman–Crippen MR) is 75.7 cm³/mol. The van der Waals surface area contributed by atoms with Crippen molar-refractivity contribution in [2.45, 2.75) is 45.2 Å². The van der Waals surface area contributed by atoms with E-state index in [2.05, 4.69) is 18.7 Å². The molecule has 2 saturated heterocycles. The van der Waals surface area contributed by atoms with Gasteiger partial charge in [0.2, 0.25) is 0 Å². The van der Waals surface area contributed by atoms with Crippen molar-refractivity contribution in [1.82, 2.24) is 14.7 Å². The lowest BCUT2D eigenvalue weighted by Gasteiger charge is -2.43. The van der Waals surface area contributed by atoms with Crippen LogP contribution >= 0.6 is 0 Å². The molecule has 0 spiro atoms. The third kappa shape index (κ3) is 3.06. The molecule has 114 valence electrons. The van der Waals surface area contributed by atoms with Gasteiger partial charge in [-0.1, -0.05) is 6.92 Å². The van der Waals surface area contributed by atoms with Gasteiger partial charge in [0.05, 0.1) is 0 Å². The van der Waals surface area contributed by atoms with Crippen LogP contribution < -0.4 is 0 Å². The fourth-order valence-electron chi connectivity index (χ4n) is 3.24. The average Bonchev–Trinajstić information content (AvgIpc) is 2.46. The van der Waals surface area contributed by atoms with E-state index < -0.39 is 12.0 Å². The zero-order chi connectivity index (χ0) is 14.7. The summed E-state index contributed by atoms with van der Waals surface area (Å²) < 4.78 is 0. The molecule has 2 fully saturated rings. The van der Waals surface area contributed by atoms with Crippen LogP contribution in [0.5, 0.6) is 0 Å². The number of hydrogen-bond acceptors (Lipinski definition) is 3. The number of piperidine rings is 1.